The minimum Gasteiger partial charge on any atom is -0.369 e. The number of nitrogens with zero attached hydrogens (tertiary/aromatic N) is 1. The highest BCUT2D eigenvalue weighted by Crippen LogP contribution is 2.10. The first-order chi connectivity index (χ1) is 7.13. The van der Waals surface area contributed by atoms with Crippen molar-refractivity contribution in [3.8, 4) is 0 Å². The maximum absolute atomic E-state index is 5.75. The predicted molar refractivity (Wildman–Crippen MR) is 65.4 cm³/mol. The summed E-state index contributed by atoms with van der Waals surface area (Å²) in [7, 11) is 1.97. The van der Waals surface area contributed by atoms with E-state index in [0.29, 0.717) is 17.0 Å². The van der Waals surface area contributed by atoms with E-state index < -0.39 is 0 Å². The van der Waals surface area contributed by atoms with E-state index in [0.717, 1.165) is 12.4 Å². The van der Waals surface area contributed by atoms with E-state index in [-0.39, 0.29) is 0 Å². The Labute approximate surface area is 96.2 Å². The van der Waals surface area contributed by atoms with Gasteiger partial charge in [-0.3, -0.25) is 0 Å². The van der Waals surface area contributed by atoms with Gasteiger partial charge < -0.3 is 10.6 Å². The van der Waals surface area contributed by atoms with Crippen LogP contribution in [0.2, 0.25) is 5.02 Å². The molecular formula is C11H18ClN3. The van der Waals surface area contributed by atoms with Gasteiger partial charge in [-0.2, -0.15) is 0 Å². The molecule has 0 unspecified atom stereocenters. The summed E-state index contributed by atoms with van der Waals surface area (Å²) in [5.74, 6) is 1.45. The highest BCUT2D eigenvalue weighted by molar-refractivity contribution is 6.30. The molecular weight excluding hydrogens is 210 g/mol. The Kier molecular flexibility index (Phi) is 4.85. The molecule has 1 aromatic heterocycles. The Balaban J connectivity index is 2.45. The zero-order valence-corrected chi connectivity index (χ0v) is 10.2. The van der Waals surface area contributed by atoms with Crippen LogP contribution in [0, 0.1) is 5.92 Å². The number of nitrogens with one attached hydrogen (secondary N) is 2. The summed E-state index contributed by atoms with van der Waals surface area (Å²) in [4.78, 5) is 4.17. The number of likely N-dealkylation sites (N-methyl/N-ethyl adjacent to an activating group) is 1. The summed E-state index contributed by atoms with van der Waals surface area (Å²) in [6.07, 6.45) is 1.65. The van der Waals surface area contributed by atoms with Crippen LogP contribution in [0.3, 0.4) is 0 Å². The van der Waals surface area contributed by atoms with E-state index in [2.05, 4.69) is 29.5 Å². The van der Waals surface area contributed by atoms with Gasteiger partial charge in [0.15, 0.2) is 0 Å². The largest absolute Gasteiger partial charge is 0.369 e. The number of aromatic nitrogens is 1. The van der Waals surface area contributed by atoms with Gasteiger partial charge in [0.25, 0.3) is 0 Å². The molecule has 0 saturated carbocycles. The van der Waals surface area contributed by atoms with Gasteiger partial charge in [-0.1, -0.05) is 25.4 Å². The second-order valence-corrected chi connectivity index (χ2v) is 4.32. The van der Waals surface area contributed by atoms with Crippen molar-refractivity contribution in [1.82, 2.24) is 10.3 Å². The molecule has 15 heavy (non-hydrogen) atoms. The first-order valence-corrected chi connectivity index (χ1v) is 5.54. The van der Waals surface area contributed by atoms with Crippen LogP contribution in [0.1, 0.15) is 13.8 Å². The summed E-state index contributed by atoms with van der Waals surface area (Å²) < 4.78 is 0. The molecule has 0 amide bonds. The monoisotopic (exact) mass is 227 g/mol. The fourth-order valence-corrected chi connectivity index (χ4v) is 1.48. The molecule has 0 spiro atoms. The van der Waals surface area contributed by atoms with Crippen molar-refractivity contribution in [2.75, 3.05) is 18.9 Å². The van der Waals surface area contributed by atoms with Crippen LogP contribution >= 0.6 is 11.6 Å². The Hall–Kier alpha value is -0.800. The zero-order valence-electron chi connectivity index (χ0n) is 9.42. The van der Waals surface area contributed by atoms with Gasteiger partial charge >= 0.3 is 0 Å². The Morgan fingerprint density at radius 2 is 2.13 bits per heavy atom. The molecule has 0 saturated heterocycles. The van der Waals surface area contributed by atoms with Crippen LogP contribution < -0.4 is 10.6 Å². The Morgan fingerprint density at radius 1 is 1.40 bits per heavy atom. The van der Waals surface area contributed by atoms with Crippen molar-refractivity contribution in [1.29, 1.82) is 0 Å². The molecule has 0 radical (unpaired) electrons. The van der Waals surface area contributed by atoms with Gasteiger partial charge in [0.2, 0.25) is 0 Å². The third-order valence-corrected chi connectivity index (χ3v) is 2.63. The van der Waals surface area contributed by atoms with Gasteiger partial charge in [0.05, 0.1) is 5.02 Å². The quantitative estimate of drug-likeness (QED) is 0.811. The second kappa shape index (κ2) is 5.93. The third kappa shape index (κ3) is 4.06. The van der Waals surface area contributed by atoms with Gasteiger partial charge in [0, 0.05) is 18.8 Å². The number of rotatable bonds is 5. The topological polar surface area (TPSA) is 37.0 Å². The van der Waals surface area contributed by atoms with Crippen molar-refractivity contribution in [3.63, 3.8) is 0 Å². The molecule has 0 aliphatic heterocycles. The van der Waals surface area contributed by atoms with E-state index in [9.17, 15) is 0 Å². The summed E-state index contributed by atoms with van der Waals surface area (Å²) in [5, 5.41) is 7.20. The van der Waals surface area contributed by atoms with Crippen molar-refractivity contribution in [2.45, 2.75) is 19.9 Å². The molecule has 4 heteroatoms. The van der Waals surface area contributed by atoms with Crippen LogP contribution in [0.25, 0.3) is 0 Å². The van der Waals surface area contributed by atoms with Gasteiger partial charge in [0.1, 0.15) is 5.82 Å². The highest BCUT2D eigenvalue weighted by atomic mass is 35.5. The second-order valence-electron chi connectivity index (χ2n) is 3.88. The molecule has 1 atom stereocenters. The van der Waals surface area contributed by atoms with Crippen molar-refractivity contribution >= 4 is 17.4 Å². The average molecular weight is 228 g/mol. The highest BCUT2D eigenvalue weighted by Gasteiger charge is 2.09. The first-order valence-electron chi connectivity index (χ1n) is 5.16. The first kappa shape index (κ1) is 12.3. The fraction of sp³-hybridized carbons (Fsp3) is 0.545. The lowest BCUT2D eigenvalue weighted by molar-refractivity contribution is 0.443. The summed E-state index contributed by atoms with van der Waals surface area (Å²) in [6, 6.07) is 4.17. The summed E-state index contributed by atoms with van der Waals surface area (Å²) in [6.45, 7) is 5.25. The number of hydrogen-bond acceptors (Lipinski definition) is 3. The van der Waals surface area contributed by atoms with Gasteiger partial charge in [-0.25, -0.2) is 4.98 Å². The molecule has 1 heterocycles. The Bertz CT molecular complexity index is 284. The normalized spacial score (nSPS) is 12.9. The predicted octanol–water partition coefficient (Wildman–Crippen LogP) is 2.39. The molecule has 1 rings (SSSR count). The lowest BCUT2D eigenvalue weighted by Gasteiger charge is -2.20. The number of halogens is 1. The lowest BCUT2D eigenvalue weighted by atomic mass is 10.1. The molecule has 84 valence electrons. The number of hydrogen-bond donors (Lipinski definition) is 2. The fourth-order valence-electron chi connectivity index (χ4n) is 1.37. The van der Waals surface area contributed by atoms with Gasteiger partial charge in [-0.05, 0) is 25.1 Å². The zero-order chi connectivity index (χ0) is 11.3. The average Bonchev–Trinajstić information content (AvgIpc) is 2.21. The SMILES string of the molecule is CN[C@H](CNc1ccc(Cl)cn1)C(C)C. The molecule has 0 fully saturated rings. The molecule has 0 bridgehead atoms. The van der Waals surface area contributed by atoms with E-state index in [1.54, 1.807) is 6.20 Å². The van der Waals surface area contributed by atoms with Crippen molar-refractivity contribution in [3.05, 3.63) is 23.4 Å². The maximum Gasteiger partial charge on any atom is 0.126 e. The smallest absolute Gasteiger partial charge is 0.126 e. The maximum atomic E-state index is 5.75. The standard InChI is InChI=1S/C11H18ClN3/c1-8(2)10(13-3)7-15-11-5-4-9(12)6-14-11/h4-6,8,10,13H,7H2,1-3H3,(H,14,15)/t10-/m1/s1. The number of anilines is 1. The molecule has 0 aliphatic carbocycles. The molecule has 0 aromatic carbocycles. The molecule has 1 aromatic rings. The minimum absolute atomic E-state index is 0.447. The van der Waals surface area contributed by atoms with Crippen molar-refractivity contribution < 1.29 is 0 Å². The number of pyridine rings is 1. The molecule has 0 aliphatic rings. The third-order valence-electron chi connectivity index (χ3n) is 2.41. The minimum atomic E-state index is 0.447. The lowest BCUT2D eigenvalue weighted by Crippen LogP contribution is -2.37. The van der Waals surface area contributed by atoms with Crippen LogP contribution in [0.5, 0.6) is 0 Å². The van der Waals surface area contributed by atoms with E-state index >= 15 is 0 Å². The van der Waals surface area contributed by atoms with Crippen LogP contribution in [0.15, 0.2) is 18.3 Å². The van der Waals surface area contributed by atoms with Gasteiger partial charge in [-0.15, -0.1) is 0 Å². The van der Waals surface area contributed by atoms with E-state index in [4.69, 9.17) is 11.6 Å². The van der Waals surface area contributed by atoms with Crippen molar-refractivity contribution in [2.24, 2.45) is 5.92 Å². The van der Waals surface area contributed by atoms with Crippen LogP contribution in [-0.4, -0.2) is 24.6 Å². The summed E-state index contributed by atoms with van der Waals surface area (Å²) in [5.41, 5.74) is 0. The Morgan fingerprint density at radius 3 is 2.60 bits per heavy atom. The molecule has 3 nitrogen and oxygen atoms in total. The van der Waals surface area contributed by atoms with Crippen LogP contribution in [0.4, 0.5) is 5.82 Å². The van der Waals surface area contributed by atoms with E-state index in [1.807, 2.05) is 19.2 Å². The van der Waals surface area contributed by atoms with E-state index in [1.165, 1.54) is 0 Å². The summed E-state index contributed by atoms with van der Waals surface area (Å²) >= 11 is 5.75. The van der Waals surface area contributed by atoms with Crippen LogP contribution in [-0.2, 0) is 0 Å². The molecule has 2 N–H and O–H groups in total.